The number of imide groups is 1. The van der Waals surface area contributed by atoms with Crippen molar-refractivity contribution in [2.24, 2.45) is 0 Å². The number of carbonyl (C=O) groups excluding carboxylic acids is 2. The van der Waals surface area contributed by atoms with Gasteiger partial charge in [-0.05, 0) is 6.92 Å². The van der Waals surface area contributed by atoms with Crippen LogP contribution in [-0.2, 0) is 14.4 Å². The Bertz CT molecular complexity index is 252. The molecule has 1 heterocycles. The second-order valence-corrected chi connectivity index (χ2v) is 3.96. The Morgan fingerprint density at radius 3 is 2.14 bits per heavy atom. The summed E-state index contributed by atoms with van der Waals surface area (Å²) >= 11 is 2.84. The Morgan fingerprint density at radius 1 is 1.64 bits per heavy atom. The molecule has 2 atom stereocenters. The molecule has 0 spiro atoms. The van der Waals surface area contributed by atoms with Crippen LogP contribution in [0.15, 0.2) is 0 Å². The van der Waals surface area contributed by atoms with E-state index in [9.17, 15) is 14.4 Å². The third kappa shape index (κ3) is 4.93. The molecular weight excluding hydrogens is 258 g/mol. The van der Waals surface area contributed by atoms with E-state index in [-0.39, 0.29) is 6.42 Å². The first kappa shape index (κ1) is 13.1. The first-order valence-corrected chi connectivity index (χ1v) is 4.64. The summed E-state index contributed by atoms with van der Waals surface area (Å²) < 4.78 is 0. The summed E-state index contributed by atoms with van der Waals surface area (Å²) in [6, 6.07) is 0. The van der Waals surface area contributed by atoms with Crippen molar-refractivity contribution in [1.82, 2.24) is 5.32 Å². The van der Waals surface area contributed by atoms with Crippen LogP contribution < -0.4 is 5.32 Å². The van der Waals surface area contributed by atoms with Crippen LogP contribution in [0.4, 0.5) is 0 Å². The van der Waals surface area contributed by atoms with Gasteiger partial charge in [-0.25, -0.2) is 0 Å². The van der Waals surface area contributed by atoms with E-state index in [0.717, 1.165) is 0 Å². The number of carboxylic acids is 1. The fourth-order valence-corrected chi connectivity index (χ4v) is 0.540. The minimum absolute atomic E-state index is 0.0845. The lowest BCUT2D eigenvalue weighted by Gasteiger charge is -1.88. The molecule has 14 heavy (non-hydrogen) atoms. The molecule has 7 heteroatoms. The molecular formula is C7H10BrNO5. The van der Waals surface area contributed by atoms with Crippen LogP contribution in [0.25, 0.3) is 0 Å². The fraction of sp³-hybridized carbons (Fsp3) is 0.571. The van der Waals surface area contributed by atoms with Crippen LogP contribution in [0.3, 0.4) is 0 Å². The first-order valence-electron chi connectivity index (χ1n) is 3.73. The third-order valence-electron chi connectivity index (χ3n) is 1.28. The van der Waals surface area contributed by atoms with Gasteiger partial charge in [0.2, 0.25) is 5.91 Å². The van der Waals surface area contributed by atoms with Crippen molar-refractivity contribution in [1.29, 1.82) is 0 Å². The SMILES string of the molecule is CC(Br)C(=O)O.O=C1CC(O)C(=O)N1. The molecule has 0 aromatic heterocycles. The van der Waals surface area contributed by atoms with Crippen molar-refractivity contribution in [2.45, 2.75) is 24.3 Å². The molecule has 0 saturated carbocycles. The summed E-state index contributed by atoms with van der Waals surface area (Å²) in [5, 5.41) is 18.4. The number of alkyl halides is 1. The average Bonchev–Trinajstić information content (AvgIpc) is 2.30. The Balaban J connectivity index is 0.000000255. The topological polar surface area (TPSA) is 104 Å². The van der Waals surface area contributed by atoms with Gasteiger partial charge in [0.1, 0.15) is 10.9 Å². The van der Waals surface area contributed by atoms with Gasteiger partial charge >= 0.3 is 5.97 Å². The number of amides is 2. The van der Waals surface area contributed by atoms with Crippen LogP contribution in [0.1, 0.15) is 13.3 Å². The zero-order chi connectivity index (χ0) is 11.3. The lowest BCUT2D eigenvalue weighted by atomic mass is 10.3. The molecule has 2 unspecified atom stereocenters. The molecule has 1 rings (SSSR count). The van der Waals surface area contributed by atoms with Gasteiger partial charge in [-0.1, -0.05) is 15.9 Å². The Hall–Kier alpha value is -0.950. The van der Waals surface area contributed by atoms with Crippen LogP contribution in [0.5, 0.6) is 0 Å². The molecule has 0 aliphatic carbocycles. The predicted octanol–water partition coefficient (Wildman–Crippen LogP) is -0.752. The zero-order valence-corrected chi connectivity index (χ0v) is 8.94. The summed E-state index contributed by atoms with van der Waals surface area (Å²) in [7, 11) is 0. The van der Waals surface area contributed by atoms with Gasteiger partial charge < -0.3 is 10.2 Å². The van der Waals surface area contributed by atoms with Crippen molar-refractivity contribution in [3.63, 3.8) is 0 Å². The summed E-state index contributed by atoms with van der Waals surface area (Å²) in [6.45, 7) is 1.56. The fourth-order valence-electron chi connectivity index (χ4n) is 0.540. The lowest BCUT2D eigenvalue weighted by Crippen LogP contribution is -2.24. The van der Waals surface area contributed by atoms with Gasteiger partial charge in [0.15, 0.2) is 0 Å². The van der Waals surface area contributed by atoms with E-state index in [1.807, 2.05) is 5.32 Å². The Labute approximate surface area is 88.4 Å². The van der Waals surface area contributed by atoms with Crippen LogP contribution in [0.2, 0.25) is 0 Å². The number of nitrogens with one attached hydrogen (secondary N) is 1. The maximum atomic E-state index is 10.2. The molecule has 1 saturated heterocycles. The highest BCUT2D eigenvalue weighted by molar-refractivity contribution is 9.10. The molecule has 0 aromatic rings. The molecule has 3 N–H and O–H groups in total. The number of aliphatic carboxylic acids is 1. The minimum atomic E-state index is -1.11. The van der Waals surface area contributed by atoms with Gasteiger partial charge in [-0.15, -0.1) is 0 Å². The van der Waals surface area contributed by atoms with Crippen molar-refractivity contribution in [2.75, 3.05) is 0 Å². The standard InChI is InChI=1S/C4H5NO3.C3H5BrO2/c6-2-1-3(7)5-4(2)8;1-2(4)3(5)6/h2,6H,1H2,(H,5,7,8);2H,1H3,(H,5,6). The largest absolute Gasteiger partial charge is 0.480 e. The van der Waals surface area contributed by atoms with Gasteiger partial charge in [0.05, 0.1) is 6.42 Å². The molecule has 80 valence electrons. The minimum Gasteiger partial charge on any atom is -0.480 e. The number of aliphatic hydroxyl groups excluding tert-OH is 1. The number of hydrogen-bond acceptors (Lipinski definition) is 4. The highest BCUT2D eigenvalue weighted by Gasteiger charge is 2.27. The summed E-state index contributed by atoms with van der Waals surface area (Å²) in [5.74, 6) is -1.81. The second-order valence-electron chi connectivity index (χ2n) is 2.59. The molecule has 6 nitrogen and oxygen atoms in total. The van der Waals surface area contributed by atoms with Gasteiger partial charge in [-0.2, -0.15) is 0 Å². The van der Waals surface area contributed by atoms with Crippen molar-refractivity contribution in [3.8, 4) is 0 Å². The van der Waals surface area contributed by atoms with Gasteiger partial charge in [0, 0.05) is 0 Å². The summed E-state index contributed by atoms with van der Waals surface area (Å²) in [4.78, 5) is 29.6. The number of halogens is 1. The van der Waals surface area contributed by atoms with Crippen LogP contribution in [-0.4, -0.2) is 38.9 Å². The Morgan fingerprint density at radius 2 is 2.07 bits per heavy atom. The van der Waals surface area contributed by atoms with E-state index >= 15 is 0 Å². The number of hydrogen-bond donors (Lipinski definition) is 3. The molecule has 0 aromatic carbocycles. The van der Waals surface area contributed by atoms with E-state index in [1.165, 1.54) is 0 Å². The quantitative estimate of drug-likeness (QED) is 0.428. The maximum absolute atomic E-state index is 10.2. The molecule has 1 aliphatic rings. The Kier molecular flexibility index (Phi) is 5.32. The lowest BCUT2D eigenvalue weighted by molar-refractivity contribution is -0.136. The van der Waals surface area contributed by atoms with E-state index < -0.39 is 28.7 Å². The monoisotopic (exact) mass is 267 g/mol. The zero-order valence-electron chi connectivity index (χ0n) is 7.36. The molecule has 1 fully saturated rings. The van der Waals surface area contributed by atoms with Gasteiger partial charge in [-0.3, -0.25) is 19.7 Å². The molecule has 2 amide bonds. The average molecular weight is 268 g/mol. The normalized spacial score (nSPS) is 22.1. The highest BCUT2D eigenvalue weighted by atomic mass is 79.9. The van der Waals surface area contributed by atoms with E-state index in [2.05, 4.69) is 15.9 Å². The molecule has 1 aliphatic heterocycles. The third-order valence-corrected chi connectivity index (χ3v) is 1.68. The second kappa shape index (κ2) is 5.71. The van der Waals surface area contributed by atoms with Crippen molar-refractivity contribution < 1.29 is 24.6 Å². The summed E-state index contributed by atoms with van der Waals surface area (Å²) in [5.41, 5.74) is 0. The van der Waals surface area contributed by atoms with Crippen LogP contribution >= 0.6 is 15.9 Å². The van der Waals surface area contributed by atoms with E-state index in [1.54, 1.807) is 6.92 Å². The van der Waals surface area contributed by atoms with Crippen molar-refractivity contribution in [3.05, 3.63) is 0 Å². The first-order chi connectivity index (χ1) is 6.34. The van der Waals surface area contributed by atoms with Crippen molar-refractivity contribution >= 4 is 33.7 Å². The predicted molar refractivity (Wildman–Crippen MR) is 49.8 cm³/mol. The molecule has 0 bridgehead atoms. The molecule has 0 radical (unpaired) electrons. The number of carboxylic acid groups (broad SMARTS) is 1. The summed E-state index contributed by atoms with van der Waals surface area (Å²) in [6.07, 6.45) is -1.19. The van der Waals surface area contributed by atoms with E-state index in [0.29, 0.717) is 0 Å². The number of carbonyl (C=O) groups is 3. The maximum Gasteiger partial charge on any atom is 0.316 e. The van der Waals surface area contributed by atoms with Crippen LogP contribution in [0, 0.1) is 0 Å². The number of aliphatic hydroxyl groups is 1. The number of rotatable bonds is 1. The van der Waals surface area contributed by atoms with Gasteiger partial charge in [0.25, 0.3) is 5.91 Å². The smallest absolute Gasteiger partial charge is 0.316 e. The van der Waals surface area contributed by atoms with E-state index in [4.69, 9.17) is 10.2 Å². The highest BCUT2D eigenvalue weighted by Crippen LogP contribution is 1.98.